The van der Waals surface area contributed by atoms with Gasteiger partial charge in [0.2, 0.25) is 5.90 Å². The first-order valence-electron chi connectivity index (χ1n) is 10.3. The van der Waals surface area contributed by atoms with Gasteiger partial charge in [0.1, 0.15) is 12.4 Å². The zero-order valence-electron chi connectivity index (χ0n) is 17.6. The van der Waals surface area contributed by atoms with Crippen LogP contribution in [0.3, 0.4) is 0 Å². The van der Waals surface area contributed by atoms with E-state index in [0.29, 0.717) is 12.5 Å². The number of aliphatic imine (C=N–C) groups is 1. The van der Waals surface area contributed by atoms with Crippen LogP contribution in [0.4, 0.5) is 0 Å². The Hall–Kier alpha value is -2.24. The van der Waals surface area contributed by atoms with Crippen molar-refractivity contribution in [3.63, 3.8) is 0 Å². The number of ether oxygens (including phenoxy) is 2. The molecular weight excluding hydrogens is 720 g/mol. The van der Waals surface area contributed by atoms with Crippen molar-refractivity contribution in [2.45, 2.75) is 6.61 Å². The number of esters is 1. The number of hydrogen-bond acceptors (Lipinski definition) is 4. The molecule has 0 fully saturated rings. The van der Waals surface area contributed by atoms with Crippen molar-refractivity contribution in [1.29, 1.82) is 0 Å². The first-order valence-corrected chi connectivity index (χ1v) is 13.3. The van der Waals surface area contributed by atoms with Gasteiger partial charge in [-0.2, -0.15) is 0 Å². The fraction of sp³-hybridized carbons (Fsp3) is 0.0370. The lowest BCUT2D eigenvalue weighted by Gasteiger charge is -2.12. The molecule has 0 saturated heterocycles. The summed E-state index contributed by atoms with van der Waals surface area (Å²) in [6.07, 6.45) is 1.75. The minimum Gasteiger partial charge on any atom is -0.487 e. The van der Waals surface area contributed by atoms with Crippen LogP contribution in [0.1, 0.15) is 16.7 Å². The van der Waals surface area contributed by atoms with Crippen LogP contribution in [0.5, 0.6) is 5.75 Å². The molecule has 0 atom stereocenters. The SMILES string of the molecule is O=C1OC(c2ccc3ccccc3c2)=N/C1=C\c1cc(I)c(OCc2ccccc2Br)c(I)c1. The minimum absolute atomic E-state index is 0.275. The largest absolute Gasteiger partial charge is 0.487 e. The van der Waals surface area contributed by atoms with Crippen molar-refractivity contribution in [2.24, 2.45) is 4.99 Å². The smallest absolute Gasteiger partial charge is 0.363 e. The molecule has 0 bridgehead atoms. The second-order valence-electron chi connectivity index (χ2n) is 7.59. The Balaban J connectivity index is 1.39. The van der Waals surface area contributed by atoms with Gasteiger partial charge in [-0.15, -0.1) is 0 Å². The maximum Gasteiger partial charge on any atom is 0.363 e. The van der Waals surface area contributed by atoms with Crippen LogP contribution >= 0.6 is 61.1 Å². The summed E-state index contributed by atoms with van der Waals surface area (Å²) in [5.41, 5.74) is 2.98. The number of halogens is 3. The van der Waals surface area contributed by atoms with Gasteiger partial charge in [-0.05, 0) is 97.9 Å². The van der Waals surface area contributed by atoms with Gasteiger partial charge in [-0.1, -0.05) is 64.5 Å². The van der Waals surface area contributed by atoms with Gasteiger partial charge >= 0.3 is 5.97 Å². The summed E-state index contributed by atoms with van der Waals surface area (Å²) in [5, 5.41) is 2.19. The molecule has 1 aliphatic rings. The quantitative estimate of drug-likeness (QED) is 0.120. The molecule has 4 aromatic rings. The Morgan fingerprint density at radius 2 is 1.62 bits per heavy atom. The fourth-order valence-electron chi connectivity index (χ4n) is 3.58. The Bertz CT molecular complexity index is 1470. The van der Waals surface area contributed by atoms with Crippen molar-refractivity contribution in [1.82, 2.24) is 0 Å². The average Bonchev–Trinajstić information content (AvgIpc) is 3.19. The van der Waals surface area contributed by atoms with Crippen LogP contribution in [0.15, 0.2) is 94.0 Å². The molecule has 7 heteroatoms. The molecule has 0 aromatic heterocycles. The molecule has 4 nitrogen and oxygen atoms in total. The number of cyclic esters (lactones) is 1. The van der Waals surface area contributed by atoms with E-state index in [-0.39, 0.29) is 5.70 Å². The normalized spacial score (nSPS) is 14.4. The first kappa shape index (κ1) is 23.5. The van der Waals surface area contributed by atoms with Gasteiger partial charge in [-0.3, -0.25) is 0 Å². The highest BCUT2D eigenvalue weighted by Gasteiger charge is 2.24. The van der Waals surface area contributed by atoms with E-state index in [1.165, 1.54) is 0 Å². The second-order valence-corrected chi connectivity index (χ2v) is 10.8. The van der Waals surface area contributed by atoms with Crippen molar-refractivity contribution in [3.05, 3.63) is 113 Å². The van der Waals surface area contributed by atoms with Crippen LogP contribution in [0, 0.1) is 7.14 Å². The number of rotatable bonds is 5. The predicted molar refractivity (Wildman–Crippen MR) is 155 cm³/mol. The summed E-state index contributed by atoms with van der Waals surface area (Å²) in [5.74, 6) is 0.677. The molecule has 168 valence electrons. The minimum atomic E-state index is -0.456. The number of carbonyl (C=O) groups is 1. The highest BCUT2D eigenvalue weighted by Crippen LogP contribution is 2.32. The molecule has 0 spiro atoms. The number of hydrogen-bond donors (Lipinski definition) is 0. The Morgan fingerprint density at radius 3 is 2.38 bits per heavy atom. The third-order valence-electron chi connectivity index (χ3n) is 5.27. The maximum absolute atomic E-state index is 12.5. The molecule has 0 unspecified atom stereocenters. The second kappa shape index (κ2) is 10.2. The van der Waals surface area contributed by atoms with E-state index >= 15 is 0 Å². The van der Waals surface area contributed by atoms with Gasteiger partial charge in [0.15, 0.2) is 5.70 Å². The van der Waals surface area contributed by atoms with Gasteiger partial charge < -0.3 is 9.47 Å². The molecule has 0 saturated carbocycles. The van der Waals surface area contributed by atoms with Gasteiger partial charge in [0.05, 0.1) is 7.14 Å². The van der Waals surface area contributed by atoms with Crippen LogP contribution in [-0.2, 0) is 16.1 Å². The summed E-state index contributed by atoms with van der Waals surface area (Å²) in [6.45, 7) is 0.458. The average molecular weight is 736 g/mol. The molecule has 1 heterocycles. The summed E-state index contributed by atoms with van der Waals surface area (Å²) in [6, 6.07) is 25.9. The van der Waals surface area contributed by atoms with Gasteiger partial charge in [0, 0.05) is 15.6 Å². The monoisotopic (exact) mass is 735 g/mol. The molecule has 5 rings (SSSR count). The molecule has 0 radical (unpaired) electrons. The van der Waals surface area contributed by atoms with Gasteiger partial charge in [-0.25, -0.2) is 9.79 Å². The first-order chi connectivity index (χ1) is 16.5. The molecule has 0 aliphatic carbocycles. The third kappa shape index (κ3) is 5.06. The maximum atomic E-state index is 12.5. The Kier molecular flexibility index (Phi) is 7.03. The van der Waals surface area contributed by atoms with Crippen LogP contribution in [0.2, 0.25) is 0 Å². The lowest BCUT2D eigenvalue weighted by Crippen LogP contribution is -2.05. The van der Waals surface area contributed by atoms with E-state index in [4.69, 9.17) is 9.47 Å². The van der Waals surface area contributed by atoms with Crippen molar-refractivity contribution in [2.75, 3.05) is 0 Å². The summed E-state index contributed by atoms with van der Waals surface area (Å²) in [7, 11) is 0. The molecule has 1 aliphatic heterocycles. The van der Waals surface area contributed by atoms with E-state index in [9.17, 15) is 4.79 Å². The van der Waals surface area contributed by atoms with Crippen LogP contribution < -0.4 is 4.74 Å². The van der Waals surface area contributed by atoms with Crippen LogP contribution in [0.25, 0.3) is 16.8 Å². The predicted octanol–water partition coefficient (Wildman–Crippen LogP) is 7.74. The van der Waals surface area contributed by atoms with E-state index in [0.717, 1.165) is 44.8 Å². The van der Waals surface area contributed by atoms with E-state index in [1.807, 2.05) is 78.9 Å². The summed E-state index contributed by atoms with van der Waals surface area (Å²) in [4.78, 5) is 17.0. The van der Waals surface area contributed by atoms with E-state index in [1.54, 1.807) is 6.08 Å². The zero-order chi connectivity index (χ0) is 23.7. The van der Waals surface area contributed by atoms with Gasteiger partial charge in [0.25, 0.3) is 0 Å². The standard InChI is InChI=1S/C27H16BrI2NO3/c28-21-8-4-3-7-20(21)15-33-25-22(29)11-16(12-23(25)30)13-24-27(32)34-26(31-24)19-10-9-17-5-1-2-6-18(17)14-19/h1-14H,15H2/b24-13-. The molecule has 0 N–H and O–H groups in total. The number of carbonyl (C=O) groups excluding carboxylic acids is 1. The van der Waals surface area contributed by atoms with E-state index < -0.39 is 5.97 Å². The van der Waals surface area contributed by atoms with Crippen molar-refractivity contribution >= 4 is 89.8 Å². The highest BCUT2D eigenvalue weighted by molar-refractivity contribution is 14.1. The third-order valence-corrected chi connectivity index (χ3v) is 7.65. The van der Waals surface area contributed by atoms with Crippen molar-refractivity contribution in [3.8, 4) is 5.75 Å². The highest BCUT2D eigenvalue weighted by atomic mass is 127. The summed E-state index contributed by atoms with van der Waals surface area (Å²) < 4.78 is 14.5. The fourth-order valence-corrected chi connectivity index (χ4v) is 6.11. The molecule has 34 heavy (non-hydrogen) atoms. The lowest BCUT2D eigenvalue weighted by atomic mass is 10.1. The number of fused-ring (bicyclic) bond motifs is 1. The lowest BCUT2D eigenvalue weighted by molar-refractivity contribution is -0.129. The topological polar surface area (TPSA) is 47.9 Å². The number of nitrogens with zero attached hydrogens (tertiary/aromatic N) is 1. The number of benzene rings is 4. The molecular formula is C27H16BrI2NO3. The Morgan fingerprint density at radius 1 is 0.912 bits per heavy atom. The van der Waals surface area contributed by atoms with Crippen molar-refractivity contribution < 1.29 is 14.3 Å². The van der Waals surface area contributed by atoms with E-state index in [2.05, 4.69) is 66.1 Å². The summed E-state index contributed by atoms with van der Waals surface area (Å²) >= 11 is 8.07. The molecule has 4 aromatic carbocycles. The Labute approximate surface area is 232 Å². The van der Waals surface area contributed by atoms with Crippen LogP contribution in [-0.4, -0.2) is 11.9 Å². The molecule has 0 amide bonds. The zero-order valence-corrected chi connectivity index (χ0v) is 23.5.